The van der Waals surface area contributed by atoms with E-state index >= 15 is 0 Å². The molecule has 1 rings (SSSR count). The summed E-state index contributed by atoms with van der Waals surface area (Å²) in [5, 5.41) is 2.04. The molecule has 0 saturated carbocycles. The number of ether oxygens (including phenoxy) is 2. The molecule has 0 aliphatic heterocycles. The third-order valence-corrected chi connectivity index (χ3v) is 2.89. The molecule has 0 aliphatic carbocycles. The fourth-order valence-corrected chi connectivity index (χ4v) is 1.74. The van der Waals surface area contributed by atoms with Gasteiger partial charge in [0, 0.05) is 18.6 Å². The maximum atomic E-state index is 13.5. The number of hydrogen-bond donors (Lipinski definition) is 1. The number of carbonyl (C=O) groups is 3. The molecule has 1 N–H and O–H groups in total. The highest BCUT2D eigenvalue weighted by Crippen LogP contribution is 2.15. The summed E-state index contributed by atoms with van der Waals surface area (Å²) in [6, 6.07) is -0.658. The smallest absolute Gasteiger partial charge is 0.328 e. The Kier molecular flexibility index (Phi) is 6.55. The topological polar surface area (TPSA) is 81.7 Å². The van der Waals surface area contributed by atoms with Gasteiger partial charge in [0.05, 0.1) is 14.2 Å². The Balaban J connectivity index is 2.93. The van der Waals surface area contributed by atoms with Gasteiger partial charge in [-0.05, 0) is 6.42 Å². The monoisotopic (exact) mass is 333 g/mol. The van der Waals surface area contributed by atoms with Crippen molar-refractivity contribution in [2.75, 3.05) is 14.2 Å². The van der Waals surface area contributed by atoms with Crippen molar-refractivity contribution in [3.05, 3.63) is 35.1 Å². The first kappa shape index (κ1) is 18.5. The molecule has 0 unspecified atom stereocenters. The van der Waals surface area contributed by atoms with Crippen LogP contribution in [0.5, 0.6) is 0 Å². The van der Waals surface area contributed by atoms with Crippen molar-refractivity contribution in [1.82, 2.24) is 5.32 Å². The van der Waals surface area contributed by atoms with Gasteiger partial charge in [-0.1, -0.05) is 0 Å². The number of hydrogen-bond acceptors (Lipinski definition) is 5. The Morgan fingerprint density at radius 3 is 2.13 bits per heavy atom. The van der Waals surface area contributed by atoms with Crippen LogP contribution in [0.1, 0.15) is 23.2 Å². The summed E-state index contributed by atoms with van der Waals surface area (Å²) >= 11 is 0. The second kappa shape index (κ2) is 8.16. The molecule has 9 heteroatoms. The second-order valence-electron chi connectivity index (χ2n) is 4.41. The van der Waals surface area contributed by atoms with Crippen molar-refractivity contribution in [2.24, 2.45) is 0 Å². The molecule has 6 nitrogen and oxygen atoms in total. The van der Waals surface area contributed by atoms with Crippen LogP contribution in [-0.4, -0.2) is 38.1 Å². The van der Waals surface area contributed by atoms with Gasteiger partial charge in [-0.25, -0.2) is 18.0 Å². The third-order valence-electron chi connectivity index (χ3n) is 2.89. The van der Waals surface area contributed by atoms with Crippen LogP contribution in [0.4, 0.5) is 13.2 Å². The lowest BCUT2D eigenvalue weighted by Crippen LogP contribution is -2.42. The summed E-state index contributed by atoms with van der Waals surface area (Å²) < 4.78 is 48.7. The SMILES string of the molecule is COC(=O)CC[C@@H](NC(=O)c1c(F)cc(F)cc1F)C(=O)OC. The van der Waals surface area contributed by atoms with Crippen molar-refractivity contribution in [2.45, 2.75) is 18.9 Å². The van der Waals surface area contributed by atoms with E-state index in [4.69, 9.17) is 0 Å². The quantitative estimate of drug-likeness (QED) is 0.794. The number of methoxy groups -OCH3 is 2. The average molecular weight is 333 g/mol. The number of halogens is 3. The highest BCUT2D eigenvalue weighted by molar-refractivity contribution is 5.97. The molecule has 0 aromatic heterocycles. The minimum absolute atomic E-state index is 0.199. The highest BCUT2D eigenvalue weighted by atomic mass is 19.1. The van der Waals surface area contributed by atoms with Crippen molar-refractivity contribution < 1.29 is 37.0 Å². The first-order valence-corrected chi connectivity index (χ1v) is 6.40. The Bertz CT molecular complexity index is 597. The average Bonchev–Trinajstić information content (AvgIpc) is 2.49. The number of amides is 1. The second-order valence-corrected chi connectivity index (χ2v) is 4.41. The predicted molar refractivity (Wildman–Crippen MR) is 70.8 cm³/mol. The lowest BCUT2D eigenvalue weighted by atomic mass is 10.1. The van der Waals surface area contributed by atoms with Gasteiger partial charge in [0.2, 0.25) is 0 Å². The van der Waals surface area contributed by atoms with E-state index in [-0.39, 0.29) is 12.8 Å². The summed E-state index contributed by atoms with van der Waals surface area (Å²) in [5.74, 6) is -6.86. The molecule has 0 aliphatic rings. The molecule has 126 valence electrons. The van der Waals surface area contributed by atoms with Crippen molar-refractivity contribution in [1.29, 1.82) is 0 Å². The van der Waals surface area contributed by atoms with Gasteiger partial charge in [0.15, 0.2) is 0 Å². The van der Waals surface area contributed by atoms with E-state index in [9.17, 15) is 27.6 Å². The van der Waals surface area contributed by atoms with Crippen LogP contribution >= 0.6 is 0 Å². The van der Waals surface area contributed by atoms with Gasteiger partial charge in [-0.3, -0.25) is 9.59 Å². The fourth-order valence-electron chi connectivity index (χ4n) is 1.74. The first-order valence-electron chi connectivity index (χ1n) is 6.40. The molecule has 1 aromatic carbocycles. The van der Waals surface area contributed by atoms with Crippen LogP contribution < -0.4 is 5.32 Å². The number of benzene rings is 1. The van der Waals surface area contributed by atoms with Crippen LogP contribution in [0.2, 0.25) is 0 Å². The van der Waals surface area contributed by atoms with Gasteiger partial charge in [-0.15, -0.1) is 0 Å². The van der Waals surface area contributed by atoms with E-state index in [0.29, 0.717) is 12.1 Å². The zero-order chi connectivity index (χ0) is 17.6. The normalized spacial score (nSPS) is 11.5. The van der Waals surface area contributed by atoms with Crippen LogP contribution in [0.25, 0.3) is 0 Å². The lowest BCUT2D eigenvalue weighted by molar-refractivity contribution is -0.144. The third kappa shape index (κ3) is 4.97. The highest BCUT2D eigenvalue weighted by Gasteiger charge is 2.26. The van der Waals surface area contributed by atoms with Crippen LogP contribution in [0.15, 0.2) is 12.1 Å². The molecule has 0 heterocycles. The van der Waals surface area contributed by atoms with Crippen molar-refractivity contribution in [3.8, 4) is 0 Å². The Morgan fingerprint density at radius 1 is 1.09 bits per heavy atom. The van der Waals surface area contributed by atoms with E-state index in [1.165, 1.54) is 0 Å². The Labute approximate surface area is 129 Å². The maximum absolute atomic E-state index is 13.5. The van der Waals surface area contributed by atoms with Gasteiger partial charge in [-0.2, -0.15) is 0 Å². The molecule has 0 fully saturated rings. The number of nitrogens with one attached hydrogen (secondary N) is 1. The molecule has 1 amide bonds. The zero-order valence-electron chi connectivity index (χ0n) is 12.3. The largest absolute Gasteiger partial charge is 0.469 e. The summed E-state index contributed by atoms with van der Waals surface area (Å²) in [4.78, 5) is 34.6. The molecule has 0 radical (unpaired) electrons. The van der Waals surface area contributed by atoms with Crippen LogP contribution in [-0.2, 0) is 19.1 Å². The van der Waals surface area contributed by atoms with E-state index in [1.54, 1.807) is 0 Å². The Morgan fingerprint density at radius 2 is 1.65 bits per heavy atom. The minimum atomic E-state index is -1.42. The first-order chi connectivity index (χ1) is 10.8. The van der Waals surface area contributed by atoms with Crippen molar-refractivity contribution in [3.63, 3.8) is 0 Å². The predicted octanol–water partition coefficient (Wildman–Crippen LogP) is 1.33. The molecule has 0 bridgehead atoms. The van der Waals surface area contributed by atoms with E-state index in [2.05, 4.69) is 9.47 Å². The lowest BCUT2D eigenvalue weighted by Gasteiger charge is -2.16. The van der Waals surface area contributed by atoms with Gasteiger partial charge in [0.1, 0.15) is 29.1 Å². The summed E-state index contributed by atoms with van der Waals surface area (Å²) in [6.07, 6.45) is -0.430. The number of carbonyl (C=O) groups excluding carboxylic acids is 3. The number of rotatable bonds is 6. The number of esters is 2. The van der Waals surface area contributed by atoms with Crippen LogP contribution in [0.3, 0.4) is 0 Å². The fraction of sp³-hybridized carbons (Fsp3) is 0.357. The van der Waals surface area contributed by atoms with Crippen molar-refractivity contribution >= 4 is 17.8 Å². The molecule has 23 heavy (non-hydrogen) atoms. The van der Waals surface area contributed by atoms with E-state index in [0.717, 1.165) is 14.2 Å². The summed E-state index contributed by atoms with van der Waals surface area (Å²) in [6.45, 7) is 0. The standard InChI is InChI=1S/C14H14F3NO5/c1-22-11(19)4-3-10(14(21)23-2)18-13(20)12-8(16)5-7(15)6-9(12)17/h5-6,10H,3-4H2,1-2H3,(H,18,20)/t10-/m1/s1. The Hall–Kier alpha value is -2.58. The minimum Gasteiger partial charge on any atom is -0.469 e. The maximum Gasteiger partial charge on any atom is 0.328 e. The van der Waals surface area contributed by atoms with Crippen LogP contribution in [0, 0.1) is 17.5 Å². The molecule has 0 spiro atoms. The molecule has 1 atom stereocenters. The van der Waals surface area contributed by atoms with Gasteiger partial charge >= 0.3 is 11.9 Å². The zero-order valence-corrected chi connectivity index (χ0v) is 12.3. The van der Waals surface area contributed by atoms with E-state index in [1.807, 2.05) is 5.32 Å². The molecule has 0 saturated heterocycles. The van der Waals surface area contributed by atoms with E-state index < -0.39 is 46.9 Å². The molecular weight excluding hydrogens is 319 g/mol. The summed E-state index contributed by atoms with van der Waals surface area (Å²) in [5.41, 5.74) is -1.04. The molecular formula is C14H14F3NO5. The summed E-state index contributed by atoms with van der Waals surface area (Å²) in [7, 11) is 2.18. The van der Waals surface area contributed by atoms with Gasteiger partial charge in [0.25, 0.3) is 5.91 Å². The van der Waals surface area contributed by atoms with Gasteiger partial charge < -0.3 is 14.8 Å². The molecule has 1 aromatic rings.